The van der Waals surface area contributed by atoms with Crippen LogP contribution in [0.1, 0.15) is 22.3 Å². The van der Waals surface area contributed by atoms with Gasteiger partial charge >= 0.3 is 0 Å². The fraction of sp³-hybridized carbons (Fsp3) is 0.0800. The molecule has 0 aliphatic heterocycles. The predicted molar refractivity (Wildman–Crippen MR) is 228 cm³/mol. The van der Waals surface area contributed by atoms with E-state index in [1.165, 1.54) is 76.6 Å². The average molecular weight is 693 g/mol. The maximum absolute atomic E-state index is 5.48. The van der Waals surface area contributed by atoms with E-state index in [1.54, 1.807) is 0 Å². The van der Waals surface area contributed by atoms with Gasteiger partial charge in [0.25, 0.3) is 0 Å². The molecule has 0 N–H and O–H groups in total. The molecule has 3 heterocycles. The highest BCUT2D eigenvalue weighted by Crippen LogP contribution is 2.40. The lowest BCUT2D eigenvalue weighted by atomic mass is 9.99. The Balaban J connectivity index is 1.26. The van der Waals surface area contributed by atoms with Crippen molar-refractivity contribution in [1.82, 2.24) is 19.1 Å². The normalized spacial score (nSPS) is 12.1. The maximum atomic E-state index is 5.48. The lowest BCUT2D eigenvalue weighted by Crippen LogP contribution is -2.01. The molecule has 0 fully saturated rings. The van der Waals surface area contributed by atoms with Gasteiger partial charge in [-0.2, -0.15) is 0 Å². The van der Waals surface area contributed by atoms with E-state index in [0.717, 1.165) is 44.4 Å². The zero-order chi connectivity index (χ0) is 36.2. The molecule has 0 spiro atoms. The topological polar surface area (TPSA) is 35.6 Å². The Labute approximate surface area is 312 Å². The number of nitrogens with zero attached hydrogens (tertiary/aromatic N) is 4. The molecule has 54 heavy (non-hydrogen) atoms. The van der Waals surface area contributed by atoms with Crippen molar-refractivity contribution in [1.29, 1.82) is 0 Å². The molecule has 11 aromatic rings. The van der Waals surface area contributed by atoms with Crippen molar-refractivity contribution in [3.63, 3.8) is 0 Å². The van der Waals surface area contributed by atoms with Crippen LogP contribution < -0.4 is 0 Å². The van der Waals surface area contributed by atoms with Crippen molar-refractivity contribution in [3.05, 3.63) is 168 Å². The highest BCUT2D eigenvalue weighted by molar-refractivity contribution is 6.23. The molecule has 4 heteroatoms. The summed E-state index contributed by atoms with van der Waals surface area (Å²) in [5.41, 5.74) is 15.6. The van der Waals surface area contributed by atoms with E-state index in [1.807, 2.05) is 6.20 Å². The van der Waals surface area contributed by atoms with E-state index in [9.17, 15) is 0 Å². The Hall–Kier alpha value is -6.78. The van der Waals surface area contributed by atoms with Crippen LogP contribution in [0.5, 0.6) is 0 Å². The fourth-order valence-corrected chi connectivity index (χ4v) is 8.82. The van der Waals surface area contributed by atoms with Crippen molar-refractivity contribution < 1.29 is 0 Å². The van der Waals surface area contributed by atoms with Gasteiger partial charge in [-0.05, 0) is 105 Å². The molecule has 256 valence electrons. The Morgan fingerprint density at radius 2 is 0.759 bits per heavy atom. The summed E-state index contributed by atoms with van der Waals surface area (Å²) in [6, 6.07) is 51.3. The highest BCUT2D eigenvalue weighted by Gasteiger charge is 2.19. The summed E-state index contributed by atoms with van der Waals surface area (Å²) in [5.74, 6) is 0. The molecular formula is C50H36N4. The number of fused-ring (bicyclic) bond motifs is 12. The minimum Gasteiger partial charge on any atom is -0.309 e. The molecule has 0 saturated carbocycles. The first-order valence-electron chi connectivity index (χ1n) is 18.6. The third kappa shape index (κ3) is 4.50. The van der Waals surface area contributed by atoms with Crippen LogP contribution in [-0.4, -0.2) is 19.1 Å². The number of hydrogen-bond acceptors (Lipinski definition) is 2. The molecule has 8 aromatic carbocycles. The Morgan fingerprint density at radius 1 is 0.370 bits per heavy atom. The van der Waals surface area contributed by atoms with Crippen LogP contribution in [0.4, 0.5) is 0 Å². The van der Waals surface area contributed by atoms with Gasteiger partial charge in [-0.3, -0.25) is 4.98 Å². The highest BCUT2D eigenvalue weighted by atomic mass is 15.0. The minimum atomic E-state index is 0.839. The van der Waals surface area contributed by atoms with Gasteiger partial charge in [-0.15, -0.1) is 0 Å². The molecule has 0 aliphatic carbocycles. The van der Waals surface area contributed by atoms with Crippen molar-refractivity contribution >= 4 is 76.2 Å². The smallest absolute Gasteiger partial charge is 0.0979 e. The monoisotopic (exact) mass is 692 g/mol. The van der Waals surface area contributed by atoms with Crippen LogP contribution >= 0.6 is 0 Å². The summed E-state index contributed by atoms with van der Waals surface area (Å²) in [4.78, 5) is 10.7. The molecule has 0 atom stereocenters. The van der Waals surface area contributed by atoms with Gasteiger partial charge < -0.3 is 9.13 Å². The first kappa shape index (κ1) is 30.8. The number of hydrogen-bond donors (Lipinski definition) is 0. The molecule has 4 nitrogen and oxygen atoms in total. The summed E-state index contributed by atoms with van der Waals surface area (Å²) in [6.45, 7) is 8.70. The first-order valence-corrected chi connectivity index (χ1v) is 18.6. The van der Waals surface area contributed by atoms with Crippen LogP contribution in [0.2, 0.25) is 0 Å². The van der Waals surface area contributed by atoms with Crippen molar-refractivity contribution in [2.45, 2.75) is 27.7 Å². The first-order chi connectivity index (χ1) is 26.4. The molecule has 0 radical (unpaired) electrons. The summed E-state index contributed by atoms with van der Waals surface area (Å²) in [6.07, 6.45) is 1.96. The van der Waals surface area contributed by atoms with E-state index in [2.05, 4.69) is 176 Å². The molecule has 0 saturated heterocycles. The largest absolute Gasteiger partial charge is 0.309 e. The van der Waals surface area contributed by atoms with Gasteiger partial charge in [-0.1, -0.05) is 95.1 Å². The maximum Gasteiger partial charge on any atom is 0.0979 e. The standard InChI is InChI=1S/C50H36N4/c1-29-13-17-45-40(21-29)41-22-30(2)14-18-46(41)53(45)34-25-33(26-35(27-34)54-47-19-15-31(3)23-42(47)43-24-32(4)16-20-48(43)54)44-28-51-49-38-11-7-5-9-36(38)37-10-6-8-12-39(37)50(49)52-44/h5-28H,1-4H3. The molecule has 3 aromatic heterocycles. The second kappa shape index (κ2) is 11.4. The summed E-state index contributed by atoms with van der Waals surface area (Å²) < 4.78 is 4.85. The van der Waals surface area contributed by atoms with Crippen LogP contribution in [0, 0.1) is 27.7 Å². The quantitative estimate of drug-likeness (QED) is 0.173. The van der Waals surface area contributed by atoms with E-state index >= 15 is 0 Å². The molecule has 0 unspecified atom stereocenters. The van der Waals surface area contributed by atoms with Gasteiger partial charge in [0.15, 0.2) is 0 Å². The predicted octanol–water partition coefficient (Wildman–Crippen LogP) is 13.0. The van der Waals surface area contributed by atoms with Gasteiger partial charge in [0.1, 0.15) is 0 Å². The summed E-state index contributed by atoms with van der Waals surface area (Å²) in [7, 11) is 0. The summed E-state index contributed by atoms with van der Waals surface area (Å²) in [5, 5.41) is 9.64. The van der Waals surface area contributed by atoms with Gasteiger partial charge in [0.05, 0.1) is 45.0 Å². The van der Waals surface area contributed by atoms with Crippen LogP contribution in [0.3, 0.4) is 0 Å². The Bertz CT molecular complexity index is 3080. The van der Waals surface area contributed by atoms with Crippen molar-refractivity contribution in [3.8, 4) is 22.6 Å². The lowest BCUT2D eigenvalue weighted by molar-refractivity contribution is 1.13. The van der Waals surface area contributed by atoms with Crippen LogP contribution in [0.15, 0.2) is 146 Å². The molecule has 0 aliphatic rings. The fourth-order valence-electron chi connectivity index (χ4n) is 8.82. The van der Waals surface area contributed by atoms with E-state index in [0.29, 0.717) is 0 Å². The molecule has 11 rings (SSSR count). The van der Waals surface area contributed by atoms with Crippen LogP contribution in [-0.2, 0) is 0 Å². The Morgan fingerprint density at radius 3 is 1.19 bits per heavy atom. The van der Waals surface area contributed by atoms with E-state index in [-0.39, 0.29) is 0 Å². The van der Waals surface area contributed by atoms with Crippen molar-refractivity contribution in [2.24, 2.45) is 0 Å². The zero-order valence-corrected chi connectivity index (χ0v) is 30.6. The number of rotatable bonds is 3. The van der Waals surface area contributed by atoms with Gasteiger partial charge in [0.2, 0.25) is 0 Å². The number of benzene rings is 8. The number of aryl methyl sites for hydroxylation is 4. The molecule has 0 bridgehead atoms. The van der Waals surface area contributed by atoms with Crippen molar-refractivity contribution in [2.75, 3.05) is 0 Å². The third-order valence-corrected chi connectivity index (χ3v) is 11.3. The van der Waals surface area contributed by atoms with Crippen LogP contribution in [0.25, 0.3) is 98.8 Å². The second-order valence-electron chi connectivity index (χ2n) is 15.0. The van der Waals surface area contributed by atoms with Gasteiger partial charge in [0, 0.05) is 49.3 Å². The SMILES string of the molecule is Cc1ccc2c(c1)c1cc(C)ccc1n2-c1cc(-c2cnc3c4ccccc4c4ccccc4c3n2)cc(-n2c3ccc(C)cc3c3cc(C)ccc32)c1. The van der Waals surface area contributed by atoms with E-state index in [4.69, 9.17) is 9.97 Å². The molecular weight excluding hydrogens is 657 g/mol. The third-order valence-electron chi connectivity index (χ3n) is 11.3. The van der Waals surface area contributed by atoms with E-state index < -0.39 is 0 Å². The Kier molecular flexibility index (Phi) is 6.48. The van der Waals surface area contributed by atoms with Gasteiger partial charge in [-0.25, -0.2) is 4.98 Å². The second-order valence-corrected chi connectivity index (χ2v) is 15.0. The molecule has 0 amide bonds. The summed E-state index contributed by atoms with van der Waals surface area (Å²) >= 11 is 0. The average Bonchev–Trinajstić information content (AvgIpc) is 3.68. The zero-order valence-electron chi connectivity index (χ0n) is 30.6. The number of aromatic nitrogens is 4. The lowest BCUT2D eigenvalue weighted by Gasteiger charge is -2.16. The minimum absolute atomic E-state index is 0.839.